The molecule has 1 aromatic rings. The van der Waals surface area contributed by atoms with Gasteiger partial charge in [0.05, 0.1) is 5.70 Å². The maximum atomic E-state index is 13.4. The standard InChI is InChI=1S/C22H25N3O2/c1-15-4-5-17-13-25(14-26)11-8-22(17)18(12-24-19(15)22)21(2,3)20(27)16-6-9-23-10-7-16/h4-7,9-10,12,14,17-18H,8,11,13H2,1-3H3. The molecule has 1 aliphatic carbocycles. The molecule has 5 nitrogen and oxygen atoms in total. The molecule has 5 heteroatoms. The molecule has 2 aliphatic heterocycles. The number of aromatic nitrogens is 1. The summed E-state index contributed by atoms with van der Waals surface area (Å²) < 4.78 is 0. The van der Waals surface area contributed by atoms with E-state index in [1.165, 1.54) is 0 Å². The summed E-state index contributed by atoms with van der Waals surface area (Å²) in [5, 5.41) is 0. The third-order valence-electron chi connectivity index (χ3n) is 6.66. The number of Topliss-reactive ketones (excluding diaryl/α,β-unsaturated/α-hetero) is 1. The van der Waals surface area contributed by atoms with Gasteiger partial charge >= 0.3 is 0 Å². The van der Waals surface area contributed by atoms with Crippen molar-refractivity contribution in [1.82, 2.24) is 9.88 Å². The molecule has 0 bridgehead atoms. The molecule has 1 spiro atoms. The first-order chi connectivity index (χ1) is 12.9. The monoisotopic (exact) mass is 363 g/mol. The summed E-state index contributed by atoms with van der Waals surface area (Å²) in [5.41, 5.74) is 2.12. The van der Waals surface area contributed by atoms with Crippen LogP contribution in [0, 0.1) is 22.7 Å². The van der Waals surface area contributed by atoms with Gasteiger partial charge in [-0.15, -0.1) is 0 Å². The van der Waals surface area contributed by atoms with E-state index in [1.807, 2.05) is 25.0 Å². The Labute approximate surface area is 159 Å². The van der Waals surface area contributed by atoms with E-state index >= 15 is 0 Å². The molecule has 4 rings (SSSR count). The molecule has 1 amide bonds. The summed E-state index contributed by atoms with van der Waals surface area (Å²) in [6, 6.07) is 3.56. The van der Waals surface area contributed by atoms with Crippen LogP contribution in [0.25, 0.3) is 0 Å². The number of pyridine rings is 1. The van der Waals surface area contributed by atoms with Gasteiger partial charge in [-0.2, -0.15) is 0 Å². The van der Waals surface area contributed by atoms with Crippen molar-refractivity contribution in [1.29, 1.82) is 0 Å². The normalized spacial score (nSPS) is 29.5. The highest BCUT2D eigenvalue weighted by molar-refractivity contribution is 6.02. The maximum absolute atomic E-state index is 13.4. The number of ketones is 1. The van der Waals surface area contributed by atoms with E-state index in [0.717, 1.165) is 24.1 Å². The molecule has 0 aromatic carbocycles. The molecule has 3 aliphatic rings. The van der Waals surface area contributed by atoms with Crippen LogP contribution in [0.15, 0.2) is 52.9 Å². The maximum Gasteiger partial charge on any atom is 0.209 e. The highest BCUT2D eigenvalue weighted by Gasteiger charge is 2.59. The fourth-order valence-corrected chi connectivity index (χ4v) is 5.23. The SMILES string of the molecule is CC1=C2N=CC(C(C)(C)C(=O)c3ccncc3)C23CCN(C=O)CC3C=C1. The molecule has 3 unspecified atom stereocenters. The predicted molar refractivity (Wildman–Crippen MR) is 104 cm³/mol. The molecule has 1 aromatic heterocycles. The van der Waals surface area contributed by atoms with Gasteiger partial charge < -0.3 is 4.90 Å². The molecule has 0 N–H and O–H groups in total. The third kappa shape index (κ3) is 2.52. The minimum absolute atomic E-state index is 0.0145. The second kappa shape index (κ2) is 6.25. The van der Waals surface area contributed by atoms with Gasteiger partial charge in [0.1, 0.15) is 0 Å². The molecule has 3 heterocycles. The second-order valence-electron chi connectivity index (χ2n) is 8.43. The Balaban J connectivity index is 1.77. The number of allylic oxidation sites excluding steroid dienone is 3. The average molecular weight is 363 g/mol. The number of carbonyl (C=O) groups excluding carboxylic acids is 2. The minimum Gasteiger partial charge on any atom is -0.345 e. The Morgan fingerprint density at radius 1 is 1.33 bits per heavy atom. The largest absolute Gasteiger partial charge is 0.345 e. The summed E-state index contributed by atoms with van der Waals surface area (Å²) in [6.45, 7) is 7.52. The van der Waals surface area contributed by atoms with E-state index in [2.05, 4.69) is 24.1 Å². The molecule has 27 heavy (non-hydrogen) atoms. The van der Waals surface area contributed by atoms with Crippen LogP contribution in [-0.4, -0.2) is 41.4 Å². The lowest BCUT2D eigenvalue weighted by Gasteiger charge is -2.52. The molecular formula is C22H25N3O2. The molecule has 140 valence electrons. The van der Waals surface area contributed by atoms with Crippen LogP contribution in [0.1, 0.15) is 37.6 Å². The van der Waals surface area contributed by atoms with Gasteiger partial charge in [-0.3, -0.25) is 19.6 Å². The quantitative estimate of drug-likeness (QED) is 0.609. The number of nitrogens with zero attached hydrogens (tertiary/aromatic N) is 3. The Morgan fingerprint density at radius 2 is 2.07 bits per heavy atom. The average Bonchev–Trinajstić information content (AvgIpc) is 3.09. The summed E-state index contributed by atoms with van der Waals surface area (Å²) in [5.74, 6) is 0.271. The first kappa shape index (κ1) is 17.8. The zero-order valence-electron chi connectivity index (χ0n) is 16.1. The molecule has 0 radical (unpaired) electrons. The lowest BCUT2D eigenvalue weighted by atomic mass is 9.53. The number of aliphatic imine (C=N–C) groups is 1. The highest BCUT2D eigenvalue weighted by Crippen LogP contribution is 2.60. The van der Waals surface area contributed by atoms with Crippen molar-refractivity contribution in [3.8, 4) is 0 Å². The van der Waals surface area contributed by atoms with Crippen LogP contribution in [0.3, 0.4) is 0 Å². The zero-order valence-corrected chi connectivity index (χ0v) is 16.1. The fourth-order valence-electron chi connectivity index (χ4n) is 5.23. The van der Waals surface area contributed by atoms with Crippen molar-refractivity contribution in [3.63, 3.8) is 0 Å². The Morgan fingerprint density at radius 3 is 2.78 bits per heavy atom. The summed E-state index contributed by atoms with van der Waals surface area (Å²) in [4.78, 5) is 35.5. The highest BCUT2D eigenvalue weighted by atomic mass is 16.1. The number of hydrogen-bond acceptors (Lipinski definition) is 4. The van der Waals surface area contributed by atoms with E-state index in [0.29, 0.717) is 18.7 Å². The van der Waals surface area contributed by atoms with Crippen LogP contribution < -0.4 is 0 Å². The molecule has 1 fully saturated rings. The van der Waals surface area contributed by atoms with Crippen molar-refractivity contribution in [2.75, 3.05) is 13.1 Å². The first-order valence-electron chi connectivity index (χ1n) is 9.49. The van der Waals surface area contributed by atoms with E-state index < -0.39 is 5.41 Å². The minimum atomic E-state index is -0.611. The lowest BCUT2D eigenvalue weighted by Crippen LogP contribution is -2.54. The van der Waals surface area contributed by atoms with Gasteiger partial charge in [0.25, 0.3) is 0 Å². The van der Waals surface area contributed by atoms with Crippen molar-refractivity contribution >= 4 is 18.4 Å². The molecule has 3 atom stereocenters. The fraction of sp³-hybridized carbons (Fsp3) is 0.455. The zero-order chi connectivity index (χ0) is 19.2. The number of rotatable bonds is 4. The predicted octanol–water partition coefficient (Wildman–Crippen LogP) is 3.30. The first-order valence-corrected chi connectivity index (χ1v) is 9.49. The van der Waals surface area contributed by atoms with E-state index in [4.69, 9.17) is 4.99 Å². The van der Waals surface area contributed by atoms with Gasteiger partial charge in [-0.05, 0) is 31.1 Å². The van der Waals surface area contributed by atoms with Gasteiger partial charge in [0.2, 0.25) is 6.41 Å². The number of hydrogen-bond donors (Lipinski definition) is 0. The van der Waals surface area contributed by atoms with Gasteiger partial charge in [0, 0.05) is 59.9 Å². The van der Waals surface area contributed by atoms with Gasteiger partial charge in [0.15, 0.2) is 5.78 Å². The molecular weight excluding hydrogens is 338 g/mol. The Bertz CT molecular complexity index is 869. The summed E-state index contributed by atoms with van der Waals surface area (Å²) in [6.07, 6.45) is 11.4. The summed E-state index contributed by atoms with van der Waals surface area (Å²) >= 11 is 0. The molecule has 0 saturated carbocycles. The Kier molecular flexibility index (Phi) is 4.13. The van der Waals surface area contributed by atoms with Crippen molar-refractivity contribution in [2.24, 2.45) is 27.7 Å². The van der Waals surface area contributed by atoms with E-state index in [9.17, 15) is 9.59 Å². The number of carbonyl (C=O) groups is 2. The number of likely N-dealkylation sites (tertiary alicyclic amines) is 1. The van der Waals surface area contributed by atoms with Crippen LogP contribution in [-0.2, 0) is 4.79 Å². The topological polar surface area (TPSA) is 62.6 Å². The molecule has 1 saturated heterocycles. The smallest absolute Gasteiger partial charge is 0.209 e. The van der Waals surface area contributed by atoms with E-state index in [-0.39, 0.29) is 23.0 Å². The van der Waals surface area contributed by atoms with Crippen molar-refractivity contribution in [3.05, 3.63) is 53.5 Å². The van der Waals surface area contributed by atoms with Crippen molar-refractivity contribution in [2.45, 2.75) is 27.2 Å². The third-order valence-corrected chi connectivity index (χ3v) is 6.66. The number of amides is 1. The van der Waals surface area contributed by atoms with E-state index in [1.54, 1.807) is 24.5 Å². The van der Waals surface area contributed by atoms with Crippen LogP contribution in [0.5, 0.6) is 0 Å². The van der Waals surface area contributed by atoms with Gasteiger partial charge in [-0.25, -0.2) is 0 Å². The van der Waals surface area contributed by atoms with Crippen molar-refractivity contribution < 1.29 is 9.59 Å². The lowest BCUT2D eigenvalue weighted by molar-refractivity contribution is -0.121. The van der Waals surface area contributed by atoms with Crippen LogP contribution in [0.2, 0.25) is 0 Å². The summed E-state index contributed by atoms with van der Waals surface area (Å²) in [7, 11) is 0. The van der Waals surface area contributed by atoms with Gasteiger partial charge in [-0.1, -0.05) is 26.0 Å². The van der Waals surface area contributed by atoms with Crippen LogP contribution in [0.4, 0.5) is 0 Å². The Hall–Kier alpha value is -2.56. The second-order valence-corrected chi connectivity index (χ2v) is 8.43. The number of piperidine rings is 1. The van der Waals surface area contributed by atoms with Crippen LogP contribution >= 0.6 is 0 Å².